The number of benzene rings is 1. The number of anilines is 1. The van der Waals surface area contributed by atoms with E-state index in [-0.39, 0.29) is 30.4 Å². The second-order valence-corrected chi connectivity index (χ2v) is 8.45. The molecule has 1 fully saturated rings. The highest BCUT2D eigenvalue weighted by Gasteiger charge is 2.44. The van der Waals surface area contributed by atoms with Crippen molar-refractivity contribution in [3.63, 3.8) is 0 Å². The molecule has 27 heavy (non-hydrogen) atoms. The fourth-order valence-corrected chi connectivity index (χ4v) is 3.39. The lowest BCUT2D eigenvalue weighted by molar-refractivity contribution is -0.160. The molecule has 0 aromatic heterocycles. The minimum Gasteiger partial charge on any atom is -0.455 e. The molecule has 0 heterocycles. The molecular weight excluding hydrogens is 344 g/mol. The largest absolute Gasteiger partial charge is 0.455 e. The summed E-state index contributed by atoms with van der Waals surface area (Å²) in [5.74, 6) is -1.01. The summed E-state index contributed by atoms with van der Waals surface area (Å²) >= 11 is 0. The van der Waals surface area contributed by atoms with E-state index >= 15 is 0 Å². The van der Waals surface area contributed by atoms with Gasteiger partial charge in [0.05, 0.1) is 5.41 Å². The van der Waals surface area contributed by atoms with E-state index in [0.717, 1.165) is 18.4 Å². The summed E-state index contributed by atoms with van der Waals surface area (Å²) in [7, 11) is 0. The molecule has 2 rings (SSSR count). The first-order chi connectivity index (χ1) is 12.6. The van der Waals surface area contributed by atoms with E-state index in [4.69, 9.17) is 4.74 Å². The van der Waals surface area contributed by atoms with Gasteiger partial charge < -0.3 is 15.4 Å². The third-order valence-corrected chi connectivity index (χ3v) is 4.68. The first-order valence-electron chi connectivity index (χ1n) is 9.44. The van der Waals surface area contributed by atoms with Crippen molar-refractivity contribution in [1.82, 2.24) is 5.32 Å². The molecule has 6 heteroatoms. The van der Waals surface area contributed by atoms with Gasteiger partial charge in [-0.2, -0.15) is 0 Å². The van der Waals surface area contributed by atoms with E-state index in [1.165, 1.54) is 0 Å². The lowest BCUT2D eigenvalue weighted by Crippen LogP contribution is -2.44. The summed E-state index contributed by atoms with van der Waals surface area (Å²) in [4.78, 5) is 37.1. The van der Waals surface area contributed by atoms with Crippen LogP contribution in [-0.4, -0.2) is 29.9 Å². The average Bonchev–Trinajstić information content (AvgIpc) is 3.02. The normalized spacial score (nSPS) is 15.9. The van der Waals surface area contributed by atoms with Gasteiger partial charge >= 0.3 is 5.97 Å². The molecule has 2 amide bonds. The quantitative estimate of drug-likeness (QED) is 0.748. The molecule has 0 bridgehead atoms. The predicted octanol–water partition coefficient (Wildman–Crippen LogP) is 3.34. The molecule has 1 aliphatic carbocycles. The highest BCUT2D eigenvalue weighted by molar-refractivity contribution is 5.93. The number of rotatable bonds is 6. The van der Waals surface area contributed by atoms with Gasteiger partial charge in [0.1, 0.15) is 0 Å². The summed E-state index contributed by atoms with van der Waals surface area (Å²) in [6.45, 7) is 7.32. The molecule has 1 aromatic rings. The Hall–Kier alpha value is -2.37. The molecule has 1 saturated carbocycles. The first-order valence-corrected chi connectivity index (χ1v) is 9.44. The van der Waals surface area contributed by atoms with E-state index in [1.807, 2.05) is 39.8 Å². The number of ether oxygens (including phenoxy) is 1. The first kappa shape index (κ1) is 20.9. The number of nitrogens with one attached hydrogen (secondary N) is 2. The van der Waals surface area contributed by atoms with Gasteiger partial charge in [-0.1, -0.05) is 30.5 Å². The van der Waals surface area contributed by atoms with Crippen LogP contribution in [0.15, 0.2) is 24.3 Å². The highest BCUT2D eigenvalue weighted by Crippen LogP contribution is 2.42. The molecule has 2 N–H and O–H groups in total. The minimum absolute atomic E-state index is 0.0999. The molecule has 0 aliphatic heterocycles. The van der Waals surface area contributed by atoms with Gasteiger partial charge in [0.2, 0.25) is 5.91 Å². The molecule has 0 unspecified atom stereocenters. The predicted molar refractivity (Wildman–Crippen MR) is 104 cm³/mol. The van der Waals surface area contributed by atoms with Crippen molar-refractivity contribution < 1.29 is 19.1 Å². The molecule has 1 aromatic carbocycles. The zero-order valence-corrected chi connectivity index (χ0v) is 16.7. The van der Waals surface area contributed by atoms with Crippen LogP contribution in [0, 0.1) is 12.3 Å². The Morgan fingerprint density at radius 1 is 1.04 bits per heavy atom. The molecule has 148 valence electrons. The zero-order valence-electron chi connectivity index (χ0n) is 16.7. The Morgan fingerprint density at radius 2 is 1.63 bits per heavy atom. The molecule has 1 aliphatic rings. The van der Waals surface area contributed by atoms with Gasteiger partial charge in [-0.3, -0.25) is 14.4 Å². The number of hydrogen-bond acceptors (Lipinski definition) is 4. The van der Waals surface area contributed by atoms with E-state index in [0.29, 0.717) is 18.5 Å². The molecular formula is C21H30N2O4. The summed E-state index contributed by atoms with van der Waals surface area (Å²) in [6.07, 6.45) is 3.09. The standard InChI is InChI=1S/C21H30N2O4/c1-15-7-9-16(10-8-15)22-18(25)14-27-19(26)21(11-5-6-12-21)13-17(24)23-20(2,3)4/h7-10H,5-6,11-14H2,1-4H3,(H,22,25)(H,23,24). The fourth-order valence-electron chi connectivity index (χ4n) is 3.39. The van der Waals surface area contributed by atoms with Crippen molar-refractivity contribution in [2.24, 2.45) is 5.41 Å². The van der Waals surface area contributed by atoms with Crippen molar-refractivity contribution in [3.05, 3.63) is 29.8 Å². The van der Waals surface area contributed by atoms with Gasteiger partial charge in [-0.05, 0) is 52.7 Å². The number of aryl methyl sites for hydroxylation is 1. The third-order valence-electron chi connectivity index (χ3n) is 4.68. The molecule has 6 nitrogen and oxygen atoms in total. The van der Waals surface area contributed by atoms with Gasteiger partial charge in [-0.15, -0.1) is 0 Å². The number of amides is 2. The van der Waals surface area contributed by atoms with Crippen LogP contribution in [0.3, 0.4) is 0 Å². The Morgan fingerprint density at radius 3 is 2.19 bits per heavy atom. The molecule has 0 spiro atoms. The molecule has 0 radical (unpaired) electrons. The van der Waals surface area contributed by atoms with Gasteiger partial charge in [0.25, 0.3) is 5.91 Å². The third kappa shape index (κ3) is 6.38. The van der Waals surface area contributed by atoms with Crippen molar-refractivity contribution in [1.29, 1.82) is 0 Å². The van der Waals surface area contributed by atoms with Crippen LogP contribution in [0.1, 0.15) is 58.4 Å². The lowest BCUT2D eigenvalue weighted by atomic mass is 9.82. The van der Waals surface area contributed by atoms with Gasteiger partial charge in [0, 0.05) is 17.6 Å². The smallest absolute Gasteiger partial charge is 0.313 e. The van der Waals surface area contributed by atoms with Crippen LogP contribution < -0.4 is 10.6 Å². The zero-order chi connectivity index (χ0) is 20.1. The Kier molecular flexibility index (Phi) is 6.63. The van der Waals surface area contributed by atoms with Crippen LogP contribution in [0.4, 0.5) is 5.69 Å². The Bertz CT molecular complexity index is 683. The van der Waals surface area contributed by atoms with Crippen LogP contribution in [0.5, 0.6) is 0 Å². The lowest BCUT2D eigenvalue weighted by Gasteiger charge is -2.28. The van der Waals surface area contributed by atoms with E-state index in [9.17, 15) is 14.4 Å². The monoisotopic (exact) mass is 374 g/mol. The van der Waals surface area contributed by atoms with Gasteiger partial charge in [-0.25, -0.2) is 0 Å². The topological polar surface area (TPSA) is 84.5 Å². The Balaban J connectivity index is 1.91. The van der Waals surface area contributed by atoms with Crippen LogP contribution in [-0.2, 0) is 19.1 Å². The summed E-state index contributed by atoms with van der Waals surface area (Å²) in [5.41, 5.74) is 0.576. The molecule has 0 saturated heterocycles. The van der Waals surface area contributed by atoms with Crippen LogP contribution in [0.25, 0.3) is 0 Å². The fraction of sp³-hybridized carbons (Fsp3) is 0.571. The van der Waals surface area contributed by atoms with E-state index in [2.05, 4.69) is 10.6 Å². The minimum atomic E-state index is -0.820. The average molecular weight is 374 g/mol. The van der Waals surface area contributed by atoms with Gasteiger partial charge in [0.15, 0.2) is 6.61 Å². The maximum Gasteiger partial charge on any atom is 0.313 e. The summed E-state index contributed by atoms with van der Waals surface area (Å²) in [6, 6.07) is 7.38. The second-order valence-electron chi connectivity index (χ2n) is 8.45. The van der Waals surface area contributed by atoms with Crippen molar-refractivity contribution in [3.8, 4) is 0 Å². The molecule has 0 atom stereocenters. The Labute approximate surface area is 161 Å². The van der Waals surface area contributed by atoms with Crippen molar-refractivity contribution in [2.75, 3.05) is 11.9 Å². The van der Waals surface area contributed by atoms with E-state index in [1.54, 1.807) is 12.1 Å². The highest BCUT2D eigenvalue weighted by atomic mass is 16.5. The van der Waals surface area contributed by atoms with Crippen molar-refractivity contribution >= 4 is 23.5 Å². The SMILES string of the molecule is Cc1ccc(NC(=O)COC(=O)C2(CC(=O)NC(C)(C)C)CCCC2)cc1. The van der Waals surface area contributed by atoms with Crippen LogP contribution in [0.2, 0.25) is 0 Å². The summed E-state index contributed by atoms with van der Waals surface area (Å²) < 4.78 is 5.29. The summed E-state index contributed by atoms with van der Waals surface area (Å²) in [5, 5.41) is 5.61. The number of esters is 1. The second kappa shape index (κ2) is 8.55. The number of carbonyl (C=O) groups is 3. The van der Waals surface area contributed by atoms with Crippen LogP contribution >= 0.6 is 0 Å². The maximum atomic E-state index is 12.7. The van der Waals surface area contributed by atoms with E-state index < -0.39 is 11.4 Å². The number of hydrogen-bond donors (Lipinski definition) is 2. The number of carbonyl (C=O) groups excluding carboxylic acids is 3. The maximum absolute atomic E-state index is 12.7. The van der Waals surface area contributed by atoms with Crippen molar-refractivity contribution in [2.45, 2.75) is 65.3 Å².